The van der Waals surface area contributed by atoms with Crippen LogP contribution in [0, 0.1) is 0 Å². The van der Waals surface area contributed by atoms with Crippen molar-refractivity contribution in [3.8, 4) is 5.75 Å². The molecule has 2 rings (SSSR count). The van der Waals surface area contributed by atoms with Crippen LogP contribution in [0.25, 0.3) is 0 Å². The number of hydrogen-bond donors (Lipinski definition) is 1. The first-order chi connectivity index (χ1) is 14.5. The van der Waals surface area contributed by atoms with Gasteiger partial charge in [-0.05, 0) is 49.4 Å². The van der Waals surface area contributed by atoms with Gasteiger partial charge in [0.15, 0.2) is 0 Å². The van der Waals surface area contributed by atoms with E-state index >= 15 is 0 Å². The van der Waals surface area contributed by atoms with Gasteiger partial charge in [0, 0.05) is 12.6 Å². The molecule has 0 fully saturated rings. The van der Waals surface area contributed by atoms with Gasteiger partial charge < -0.3 is 15.0 Å². The molecule has 0 spiro atoms. The van der Waals surface area contributed by atoms with Crippen LogP contribution in [0.4, 0.5) is 0 Å². The molecule has 0 saturated heterocycles. The maximum absolute atomic E-state index is 13.3. The number of benzene rings is 2. The zero-order valence-electron chi connectivity index (χ0n) is 18.6. The molecule has 5 nitrogen and oxygen atoms in total. The normalized spacial score (nSPS) is 12.7. The second kappa shape index (κ2) is 12.0. The first-order valence-corrected chi connectivity index (χ1v) is 10.7. The van der Waals surface area contributed by atoms with Crippen LogP contribution in [-0.2, 0) is 22.4 Å². The first kappa shape index (κ1) is 23.5. The minimum atomic E-state index is -0.478. The number of nitrogens with one attached hydrogen (secondary N) is 1. The summed E-state index contributed by atoms with van der Waals surface area (Å²) in [7, 11) is 1.62. The van der Waals surface area contributed by atoms with E-state index in [0.29, 0.717) is 19.4 Å². The minimum Gasteiger partial charge on any atom is -0.497 e. The Labute approximate surface area is 180 Å². The summed E-state index contributed by atoms with van der Waals surface area (Å²) in [6.07, 6.45) is 2.39. The van der Waals surface area contributed by atoms with E-state index in [4.69, 9.17) is 4.74 Å². The van der Waals surface area contributed by atoms with E-state index in [-0.39, 0.29) is 24.3 Å². The lowest BCUT2D eigenvalue weighted by Gasteiger charge is -2.31. The summed E-state index contributed by atoms with van der Waals surface area (Å²) in [6.45, 7) is 6.48. The monoisotopic (exact) mass is 410 g/mol. The average molecular weight is 411 g/mol. The Morgan fingerprint density at radius 3 is 2.20 bits per heavy atom. The fourth-order valence-electron chi connectivity index (χ4n) is 3.36. The second-order valence-electron chi connectivity index (χ2n) is 7.59. The Morgan fingerprint density at radius 1 is 0.967 bits per heavy atom. The standard InChI is InChI=1S/C25H34N2O3/c1-5-19(3)26-25(29)23(6-2)27(17-16-20-10-8-7-9-11-20)24(28)18-21-12-14-22(30-4)15-13-21/h7-15,19,23H,5-6,16-18H2,1-4H3,(H,26,29). The molecule has 0 radical (unpaired) electrons. The number of ether oxygens (including phenoxy) is 1. The first-order valence-electron chi connectivity index (χ1n) is 10.7. The summed E-state index contributed by atoms with van der Waals surface area (Å²) in [5.41, 5.74) is 2.06. The Balaban J connectivity index is 2.18. The van der Waals surface area contributed by atoms with E-state index < -0.39 is 6.04 Å². The highest BCUT2D eigenvalue weighted by Gasteiger charge is 2.28. The topological polar surface area (TPSA) is 58.6 Å². The van der Waals surface area contributed by atoms with Gasteiger partial charge in [-0.1, -0.05) is 56.3 Å². The molecule has 30 heavy (non-hydrogen) atoms. The number of rotatable bonds is 11. The van der Waals surface area contributed by atoms with Crippen LogP contribution in [0.1, 0.15) is 44.7 Å². The lowest BCUT2D eigenvalue weighted by molar-refractivity contribution is -0.140. The van der Waals surface area contributed by atoms with Gasteiger partial charge in [0.2, 0.25) is 11.8 Å². The zero-order chi connectivity index (χ0) is 21.9. The molecule has 0 saturated carbocycles. The molecule has 2 unspecified atom stereocenters. The quantitative estimate of drug-likeness (QED) is 0.609. The molecule has 0 aliphatic carbocycles. The Bertz CT molecular complexity index is 790. The Morgan fingerprint density at radius 2 is 1.63 bits per heavy atom. The molecule has 2 amide bonds. The third-order valence-electron chi connectivity index (χ3n) is 5.39. The van der Waals surface area contributed by atoms with Gasteiger partial charge in [-0.3, -0.25) is 9.59 Å². The van der Waals surface area contributed by atoms with E-state index in [0.717, 1.165) is 23.3 Å². The summed E-state index contributed by atoms with van der Waals surface area (Å²) in [4.78, 5) is 27.9. The predicted molar refractivity (Wildman–Crippen MR) is 121 cm³/mol. The molecular weight excluding hydrogens is 376 g/mol. The smallest absolute Gasteiger partial charge is 0.243 e. The highest BCUT2D eigenvalue weighted by atomic mass is 16.5. The average Bonchev–Trinajstić information content (AvgIpc) is 2.77. The molecule has 0 heterocycles. The molecule has 2 atom stereocenters. The molecule has 0 aliphatic rings. The molecule has 5 heteroatoms. The van der Waals surface area contributed by atoms with Gasteiger partial charge in [0.05, 0.1) is 13.5 Å². The van der Waals surface area contributed by atoms with Gasteiger partial charge in [-0.15, -0.1) is 0 Å². The molecule has 2 aromatic carbocycles. The van der Waals surface area contributed by atoms with Crippen LogP contribution < -0.4 is 10.1 Å². The van der Waals surface area contributed by atoms with Crippen LogP contribution in [-0.4, -0.2) is 42.5 Å². The summed E-state index contributed by atoms with van der Waals surface area (Å²) >= 11 is 0. The second-order valence-corrected chi connectivity index (χ2v) is 7.59. The van der Waals surface area contributed by atoms with E-state index in [1.165, 1.54) is 0 Å². The van der Waals surface area contributed by atoms with Crippen molar-refractivity contribution in [3.63, 3.8) is 0 Å². The zero-order valence-corrected chi connectivity index (χ0v) is 18.6. The number of carbonyl (C=O) groups excluding carboxylic acids is 2. The largest absolute Gasteiger partial charge is 0.497 e. The Hall–Kier alpha value is -2.82. The van der Waals surface area contributed by atoms with Crippen LogP contribution in [0.2, 0.25) is 0 Å². The van der Waals surface area contributed by atoms with Crippen molar-refractivity contribution in [1.29, 1.82) is 0 Å². The van der Waals surface area contributed by atoms with Gasteiger partial charge in [0.1, 0.15) is 11.8 Å². The maximum Gasteiger partial charge on any atom is 0.243 e. The van der Waals surface area contributed by atoms with Crippen molar-refractivity contribution in [2.45, 2.75) is 58.5 Å². The molecule has 2 aromatic rings. The van der Waals surface area contributed by atoms with Crippen molar-refractivity contribution in [3.05, 3.63) is 65.7 Å². The highest BCUT2D eigenvalue weighted by molar-refractivity contribution is 5.88. The molecule has 0 aliphatic heterocycles. The third-order valence-corrected chi connectivity index (χ3v) is 5.39. The lowest BCUT2D eigenvalue weighted by Crippen LogP contribution is -2.52. The highest BCUT2D eigenvalue weighted by Crippen LogP contribution is 2.15. The summed E-state index contributed by atoms with van der Waals surface area (Å²) < 4.78 is 5.20. The van der Waals surface area contributed by atoms with Crippen LogP contribution in [0.15, 0.2) is 54.6 Å². The maximum atomic E-state index is 13.3. The molecule has 0 aromatic heterocycles. The molecular formula is C25H34N2O3. The number of hydrogen-bond acceptors (Lipinski definition) is 3. The van der Waals surface area contributed by atoms with E-state index in [1.807, 2.05) is 75.4 Å². The van der Waals surface area contributed by atoms with Crippen molar-refractivity contribution in [1.82, 2.24) is 10.2 Å². The van der Waals surface area contributed by atoms with Crippen molar-refractivity contribution in [2.75, 3.05) is 13.7 Å². The fourth-order valence-corrected chi connectivity index (χ4v) is 3.36. The van der Waals surface area contributed by atoms with Crippen molar-refractivity contribution < 1.29 is 14.3 Å². The van der Waals surface area contributed by atoms with Crippen molar-refractivity contribution in [2.24, 2.45) is 0 Å². The van der Waals surface area contributed by atoms with Crippen LogP contribution in [0.3, 0.4) is 0 Å². The summed E-state index contributed by atoms with van der Waals surface area (Å²) in [6, 6.07) is 17.2. The number of carbonyl (C=O) groups is 2. The molecule has 162 valence electrons. The predicted octanol–water partition coefficient (Wildman–Crippen LogP) is 4.00. The van der Waals surface area contributed by atoms with Gasteiger partial charge in [-0.25, -0.2) is 0 Å². The van der Waals surface area contributed by atoms with Gasteiger partial charge in [0.25, 0.3) is 0 Å². The van der Waals surface area contributed by atoms with E-state index in [2.05, 4.69) is 5.32 Å². The lowest BCUT2D eigenvalue weighted by atomic mass is 10.1. The minimum absolute atomic E-state index is 0.0396. The van der Waals surface area contributed by atoms with Crippen molar-refractivity contribution >= 4 is 11.8 Å². The molecule has 1 N–H and O–H groups in total. The summed E-state index contributed by atoms with van der Waals surface area (Å²) in [5, 5.41) is 3.04. The van der Waals surface area contributed by atoms with Gasteiger partial charge >= 0.3 is 0 Å². The van der Waals surface area contributed by atoms with E-state index in [1.54, 1.807) is 12.0 Å². The number of amides is 2. The van der Waals surface area contributed by atoms with Crippen LogP contribution in [0.5, 0.6) is 5.75 Å². The Kier molecular flexibility index (Phi) is 9.39. The SMILES string of the molecule is CCC(C)NC(=O)C(CC)N(CCc1ccccc1)C(=O)Cc1ccc(OC)cc1. The number of methoxy groups -OCH3 is 1. The van der Waals surface area contributed by atoms with E-state index in [9.17, 15) is 9.59 Å². The third kappa shape index (κ3) is 6.90. The van der Waals surface area contributed by atoms with Crippen LogP contribution >= 0.6 is 0 Å². The van der Waals surface area contributed by atoms with Gasteiger partial charge in [-0.2, -0.15) is 0 Å². The number of nitrogens with zero attached hydrogens (tertiary/aromatic N) is 1. The summed E-state index contributed by atoms with van der Waals surface area (Å²) in [5.74, 6) is 0.636. The fraction of sp³-hybridized carbons (Fsp3) is 0.440. The molecule has 0 bridgehead atoms.